The van der Waals surface area contributed by atoms with Gasteiger partial charge in [-0.25, -0.2) is 0 Å². The average molecular weight is 325 g/mol. The fraction of sp³-hybridized carbons (Fsp3) is 0.400. The van der Waals surface area contributed by atoms with Crippen molar-refractivity contribution < 1.29 is 14.2 Å². The maximum Gasteiger partial charge on any atom is 0.160 e. The summed E-state index contributed by atoms with van der Waals surface area (Å²) in [5, 5.41) is 3.68. The van der Waals surface area contributed by atoms with Gasteiger partial charge in [-0.2, -0.15) is 0 Å². The maximum atomic E-state index is 6.12. The molecule has 1 N–H and O–H groups in total. The lowest BCUT2D eigenvalue weighted by Crippen LogP contribution is -2.42. The van der Waals surface area contributed by atoms with Gasteiger partial charge < -0.3 is 19.5 Å². The van der Waals surface area contributed by atoms with Gasteiger partial charge in [-0.05, 0) is 35.7 Å². The first-order valence-corrected chi connectivity index (χ1v) is 8.48. The van der Waals surface area contributed by atoms with E-state index < -0.39 is 0 Å². The fourth-order valence-electron chi connectivity index (χ4n) is 3.99. The molecular weight excluding hydrogens is 302 g/mol. The molecule has 126 valence electrons. The highest BCUT2D eigenvalue weighted by atomic mass is 16.5. The largest absolute Gasteiger partial charge is 0.493 e. The van der Waals surface area contributed by atoms with Crippen molar-refractivity contribution in [3.05, 3.63) is 53.6 Å². The molecule has 4 rings (SSSR count). The Morgan fingerprint density at radius 1 is 1.08 bits per heavy atom. The van der Waals surface area contributed by atoms with Gasteiger partial charge in [-0.1, -0.05) is 24.3 Å². The molecule has 0 aromatic heterocycles. The Bertz CT molecular complexity index is 731. The van der Waals surface area contributed by atoms with Crippen LogP contribution in [0.2, 0.25) is 0 Å². The van der Waals surface area contributed by atoms with Crippen LogP contribution < -0.4 is 14.8 Å². The minimum Gasteiger partial charge on any atom is -0.493 e. The average Bonchev–Trinajstić information content (AvgIpc) is 3.01. The summed E-state index contributed by atoms with van der Waals surface area (Å²) in [7, 11) is 3.33. The van der Waals surface area contributed by atoms with Gasteiger partial charge in [0.2, 0.25) is 0 Å². The van der Waals surface area contributed by atoms with E-state index >= 15 is 0 Å². The Morgan fingerprint density at radius 2 is 1.92 bits per heavy atom. The molecule has 24 heavy (non-hydrogen) atoms. The van der Waals surface area contributed by atoms with E-state index in [1.807, 2.05) is 12.1 Å². The molecule has 2 aliphatic heterocycles. The molecule has 0 saturated carbocycles. The topological polar surface area (TPSA) is 39.7 Å². The lowest BCUT2D eigenvalue weighted by molar-refractivity contribution is 0.000643. The van der Waals surface area contributed by atoms with Gasteiger partial charge in [0.05, 0.1) is 26.4 Å². The third-order valence-corrected chi connectivity index (χ3v) is 5.16. The molecule has 4 nitrogen and oxygen atoms in total. The van der Waals surface area contributed by atoms with Gasteiger partial charge in [-0.15, -0.1) is 0 Å². The quantitative estimate of drug-likeness (QED) is 0.932. The zero-order valence-electron chi connectivity index (χ0n) is 14.1. The second kappa shape index (κ2) is 6.36. The van der Waals surface area contributed by atoms with Crippen molar-refractivity contribution >= 4 is 5.69 Å². The normalized spacial score (nSPS) is 24.7. The van der Waals surface area contributed by atoms with E-state index in [1.54, 1.807) is 14.2 Å². The van der Waals surface area contributed by atoms with Crippen LogP contribution >= 0.6 is 0 Å². The molecule has 2 aromatic rings. The monoisotopic (exact) mass is 325 g/mol. The first-order chi connectivity index (χ1) is 11.8. The number of methoxy groups -OCH3 is 2. The van der Waals surface area contributed by atoms with Crippen LogP contribution in [-0.4, -0.2) is 33.0 Å². The van der Waals surface area contributed by atoms with Crippen LogP contribution in [0.3, 0.4) is 0 Å². The highest BCUT2D eigenvalue weighted by Gasteiger charge is 2.40. The number of hydrogen-bond acceptors (Lipinski definition) is 4. The van der Waals surface area contributed by atoms with E-state index in [1.165, 1.54) is 16.8 Å². The number of anilines is 1. The predicted octanol–water partition coefficient (Wildman–Crippen LogP) is 3.61. The Balaban J connectivity index is 1.55. The number of fused-ring (bicyclic) bond motifs is 3. The van der Waals surface area contributed by atoms with Crippen molar-refractivity contribution in [1.82, 2.24) is 0 Å². The van der Waals surface area contributed by atoms with Gasteiger partial charge in [0.15, 0.2) is 11.5 Å². The van der Waals surface area contributed by atoms with Crippen molar-refractivity contribution in [2.24, 2.45) is 0 Å². The third-order valence-electron chi connectivity index (χ3n) is 5.16. The van der Waals surface area contributed by atoms with E-state index in [-0.39, 0.29) is 6.10 Å². The summed E-state index contributed by atoms with van der Waals surface area (Å²) in [5.74, 6) is 2.07. The predicted molar refractivity (Wildman–Crippen MR) is 94.2 cm³/mol. The number of benzene rings is 2. The smallest absolute Gasteiger partial charge is 0.160 e. The summed E-state index contributed by atoms with van der Waals surface area (Å²) < 4.78 is 16.9. The van der Waals surface area contributed by atoms with E-state index in [4.69, 9.17) is 14.2 Å². The van der Waals surface area contributed by atoms with Crippen molar-refractivity contribution in [3.63, 3.8) is 0 Å². The molecule has 0 spiro atoms. The van der Waals surface area contributed by atoms with Gasteiger partial charge in [0.25, 0.3) is 0 Å². The lowest BCUT2D eigenvalue weighted by Gasteiger charge is -2.34. The van der Waals surface area contributed by atoms with E-state index in [0.717, 1.165) is 30.9 Å². The Morgan fingerprint density at radius 3 is 2.75 bits per heavy atom. The standard InChI is InChI=1S/C20H23NO3/c1-22-17-8-7-13(11-18(17)23-2)12-19-20-15(9-10-24-19)14-5-3-4-6-16(14)21-20/h3-8,11,15,19-21H,9-10,12H2,1-2H3. The highest BCUT2D eigenvalue weighted by Crippen LogP contribution is 2.43. The van der Waals surface area contributed by atoms with Crippen LogP contribution in [0.15, 0.2) is 42.5 Å². The molecule has 3 unspecified atom stereocenters. The first-order valence-electron chi connectivity index (χ1n) is 8.48. The van der Waals surface area contributed by atoms with Crippen LogP contribution in [0.5, 0.6) is 11.5 Å². The Labute approximate surface area is 142 Å². The van der Waals surface area contributed by atoms with Gasteiger partial charge >= 0.3 is 0 Å². The summed E-state index contributed by atoms with van der Waals surface area (Å²) in [6.07, 6.45) is 2.11. The van der Waals surface area contributed by atoms with Gasteiger partial charge in [0, 0.05) is 24.6 Å². The summed E-state index contributed by atoms with van der Waals surface area (Å²) in [6, 6.07) is 15.1. The minimum absolute atomic E-state index is 0.161. The maximum absolute atomic E-state index is 6.12. The molecular formula is C20H23NO3. The lowest BCUT2D eigenvalue weighted by atomic mass is 9.85. The minimum atomic E-state index is 0.161. The van der Waals surface area contributed by atoms with Crippen LogP contribution in [0.4, 0.5) is 5.69 Å². The van der Waals surface area contributed by atoms with Crippen LogP contribution in [0.1, 0.15) is 23.5 Å². The van der Waals surface area contributed by atoms with Crippen molar-refractivity contribution in [3.8, 4) is 11.5 Å². The molecule has 0 bridgehead atoms. The zero-order chi connectivity index (χ0) is 16.5. The van der Waals surface area contributed by atoms with Crippen LogP contribution in [0.25, 0.3) is 0 Å². The second-order valence-electron chi connectivity index (χ2n) is 6.46. The number of hydrogen-bond donors (Lipinski definition) is 1. The molecule has 1 saturated heterocycles. The Kier molecular flexibility index (Phi) is 4.07. The number of ether oxygens (including phenoxy) is 3. The summed E-state index contributed by atoms with van der Waals surface area (Å²) in [6.45, 7) is 0.815. The molecule has 2 heterocycles. The van der Waals surface area contributed by atoms with Crippen molar-refractivity contribution in [2.45, 2.75) is 30.9 Å². The number of rotatable bonds is 4. The molecule has 3 atom stereocenters. The highest BCUT2D eigenvalue weighted by molar-refractivity contribution is 5.60. The fourth-order valence-corrected chi connectivity index (χ4v) is 3.99. The molecule has 1 fully saturated rings. The van der Waals surface area contributed by atoms with Gasteiger partial charge in [-0.3, -0.25) is 0 Å². The third kappa shape index (κ3) is 2.61. The molecule has 0 aliphatic carbocycles. The molecule has 4 heteroatoms. The van der Waals surface area contributed by atoms with E-state index in [9.17, 15) is 0 Å². The zero-order valence-corrected chi connectivity index (χ0v) is 14.1. The van der Waals surface area contributed by atoms with Crippen molar-refractivity contribution in [2.75, 3.05) is 26.1 Å². The van der Waals surface area contributed by atoms with Crippen LogP contribution in [-0.2, 0) is 11.2 Å². The SMILES string of the molecule is COc1ccc(CC2OCCC3c4ccccc4NC23)cc1OC. The number of nitrogens with one attached hydrogen (secondary N) is 1. The summed E-state index contributed by atoms with van der Waals surface area (Å²) >= 11 is 0. The first kappa shape index (κ1) is 15.3. The molecule has 2 aromatic carbocycles. The van der Waals surface area contributed by atoms with E-state index in [2.05, 4.69) is 35.6 Å². The second-order valence-corrected chi connectivity index (χ2v) is 6.46. The summed E-state index contributed by atoms with van der Waals surface area (Å²) in [4.78, 5) is 0. The van der Waals surface area contributed by atoms with E-state index in [0.29, 0.717) is 12.0 Å². The van der Waals surface area contributed by atoms with Crippen LogP contribution in [0, 0.1) is 0 Å². The molecule has 0 radical (unpaired) electrons. The molecule has 2 aliphatic rings. The number of para-hydroxylation sites is 1. The van der Waals surface area contributed by atoms with Crippen molar-refractivity contribution in [1.29, 1.82) is 0 Å². The summed E-state index contributed by atoms with van der Waals surface area (Å²) in [5.41, 5.74) is 3.90. The molecule has 0 amide bonds. The Hall–Kier alpha value is -2.20. The van der Waals surface area contributed by atoms with Gasteiger partial charge in [0.1, 0.15) is 0 Å².